The van der Waals surface area contributed by atoms with Crippen LogP contribution in [0, 0.1) is 6.92 Å². The lowest BCUT2D eigenvalue weighted by molar-refractivity contribution is -0.140. The Morgan fingerprint density at radius 2 is 2.15 bits per heavy atom. The number of ether oxygens (including phenoxy) is 1. The topological polar surface area (TPSA) is 81.2 Å². The van der Waals surface area contributed by atoms with Gasteiger partial charge in [-0.05, 0) is 18.9 Å². The van der Waals surface area contributed by atoms with Gasteiger partial charge in [0.05, 0.1) is 18.3 Å². The molecule has 138 valence electrons. The van der Waals surface area contributed by atoms with Crippen LogP contribution in [0.5, 0.6) is 0 Å². The molecular weight excluding hydrogens is 374 g/mol. The second-order valence-electron chi connectivity index (χ2n) is 5.56. The molecule has 0 aliphatic heterocycles. The first-order chi connectivity index (χ1) is 12.5. The minimum absolute atomic E-state index is 0.131. The number of benzene rings is 1. The maximum absolute atomic E-state index is 12.2. The van der Waals surface area contributed by atoms with Crippen molar-refractivity contribution in [3.05, 3.63) is 52.3 Å². The Hall–Kier alpha value is -2.12. The van der Waals surface area contributed by atoms with Crippen LogP contribution in [-0.4, -0.2) is 35.5 Å². The smallest absolute Gasteiger partial charge is 0.305 e. The molecule has 0 bridgehead atoms. The molecule has 0 radical (unpaired) electrons. The first-order valence-corrected chi connectivity index (χ1v) is 9.42. The second-order valence-corrected chi connectivity index (χ2v) is 6.91. The van der Waals surface area contributed by atoms with E-state index in [4.69, 9.17) is 11.6 Å². The van der Waals surface area contributed by atoms with E-state index >= 15 is 0 Å². The number of halogens is 1. The van der Waals surface area contributed by atoms with Gasteiger partial charge in [0.15, 0.2) is 10.9 Å². The number of thioether (sulfide) groups is 1. The predicted molar refractivity (Wildman–Crippen MR) is 101 cm³/mol. The van der Waals surface area contributed by atoms with Crippen LogP contribution >= 0.6 is 23.4 Å². The number of carbonyl (C=O) groups excluding carboxylic acids is 2. The van der Waals surface area contributed by atoms with E-state index < -0.39 is 0 Å². The van der Waals surface area contributed by atoms with Gasteiger partial charge in [0.1, 0.15) is 0 Å². The number of esters is 1. The predicted octanol–water partition coefficient (Wildman–Crippen LogP) is 3.41. The van der Waals surface area contributed by atoms with Gasteiger partial charge in [0.25, 0.3) is 5.91 Å². The number of hydrogen-bond acceptors (Lipinski definition) is 6. The van der Waals surface area contributed by atoms with E-state index in [1.165, 1.54) is 30.6 Å². The molecule has 1 heterocycles. The fraction of sp³-hybridized carbons (Fsp3) is 0.333. The highest BCUT2D eigenvalue weighted by Gasteiger charge is 2.14. The molecule has 26 heavy (non-hydrogen) atoms. The quantitative estimate of drug-likeness (QED) is 0.320. The number of carbonyl (C=O) groups is 2. The van der Waals surface area contributed by atoms with Crippen LogP contribution in [0.15, 0.2) is 35.6 Å². The largest absolute Gasteiger partial charge is 0.469 e. The summed E-state index contributed by atoms with van der Waals surface area (Å²) in [5.74, 6) is -0.00225. The van der Waals surface area contributed by atoms with Crippen molar-refractivity contribution < 1.29 is 14.3 Å². The van der Waals surface area contributed by atoms with Crippen molar-refractivity contribution in [1.82, 2.24) is 15.3 Å². The van der Waals surface area contributed by atoms with Crippen LogP contribution in [0.25, 0.3) is 0 Å². The van der Waals surface area contributed by atoms with Crippen molar-refractivity contribution in [3.8, 4) is 0 Å². The van der Waals surface area contributed by atoms with Gasteiger partial charge in [0.2, 0.25) is 0 Å². The van der Waals surface area contributed by atoms with Gasteiger partial charge in [-0.25, -0.2) is 9.97 Å². The Kier molecular flexibility index (Phi) is 7.87. The fourth-order valence-corrected chi connectivity index (χ4v) is 3.09. The average molecular weight is 394 g/mol. The van der Waals surface area contributed by atoms with E-state index in [2.05, 4.69) is 26.1 Å². The monoisotopic (exact) mass is 393 g/mol. The lowest BCUT2D eigenvalue weighted by Gasteiger charge is -2.07. The molecule has 2 aromatic rings. The van der Waals surface area contributed by atoms with Gasteiger partial charge in [-0.2, -0.15) is 0 Å². The Morgan fingerprint density at radius 1 is 1.35 bits per heavy atom. The zero-order valence-corrected chi connectivity index (χ0v) is 16.2. The molecule has 0 aliphatic rings. The first-order valence-electron chi connectivity index (χ1n) is 8.05. The Bertz CT molecular complexity index is 786. The van der Waals surface area contributed by atoms with Gasteiger partial charge in [0, 0.05) is 18.7 Å². The van der Waals surface area contributed by atoms with E-state index in [1.54, 1.807) is 0 Å². The van der Waals surface area contributed by atoms with Crippen molar-refractivity contribution in [3.63, 3.8) is 0 Å². The van der Waals surface area contributed by atoms with Crippen molar-refractivity contribution in [1.29, 1.82) is 0 Å². The molecule has 0 atom stereocenters. The van der Waals surface area contributed by atoms with Gasteiger partial charge >= 0.3 is 5.97 Å². The van der Waals surface area contributed by atoms with Crippen LogP contribution in [0.2, 0.25) is 5.02 Å². The summed E-state index contributed by atoms with van der Waals surface area (Å²) in [6, 6.07) is 8.17. The molecule has 6 nitrogen and oxygen atoms in total. The lowest BCUT2D eigenvalue weighted by Crippen LogP contribution is -2.26. The van der Waals surface area contributed by atoms with Gasteiger partial charge in [-0.15, -0.1) is 0 Å². The molecule has 0 unspecified atom stereocenters. The summed E-state index contributed by atoms with van der Waals surface area (Å²) >= 11 is 7.48. The SMILES string of the molecule is COC(=O)CCCNC(=O)c1nc(SCc2cccc(C)c2)ncc1Cl. The molecule has 1 aromatic carbocycles. The van der Waals surface area contributed by atoms with E-state index in [1.807, 2.05) is 25.1 Å². The van der Waals surface area contributed by atoms with Crippen molar-refractivity contribution in [2.75, 3.05) is 13.7 Å². The third-order valence-corrected chi connectivity index (χ3v) is 4.67. The highest BCUT2D eigenvalue weighted by molar-refractivity contribution is 7.98. The third-order valence-electron chi connectivity index (χ3n) is 3.46. The number of methoxy groups -OCH3 is 1. The summed E-state index contributed by atoms with van der Waals surface area (Å²) < 4.78 is 4.55. The minimum Gasteiger partial charge on any atom is -0.469 e. The summed E-state index contributed by atoms with van der Waals surface area (Å²) in [5, 5.41) is 3.37. The van der Waals surface area contributed by atoms with E-state index in [0.29, 0.717) is 23.9 Å². The van der Waals surface area contributed by atoms with Crippen LogP contribution in [0.1, 0.15) is 34.5 Å². The summed E-state index contributed by atoms with van der Waals surface area (Å²) in [6.07, 6.45) is 2.15. The second kappa shape index (κ2) is 10.1. The molecule has 8 heteroatoms. The molecule has 1 aromatic heterocycles. The molecule has 1 amide bonds. The standard InChI is InChI=1S/C18H20ClN3O3S/c1-12-5-3-6-13(9-12)11-26-18-21-10-14(19)16(22-18)17(24)20-8-4-7-15(23)25-2/h3,5-6,9-10H,4,7-8,11H2,1-2H3,(H,20,24). The molecule has 1 N–H and O–H groups in total. The molecular formula is C18H20ClN3O3S. The zero-order valence-electron chi connectivity index (χ0n) is 14.6. The summed E-state index contributed by atoms with van der Waals surface area (Å²) in [6.45, 7) is 2.37. The molecule has 0 fully saturated rings. The molecule has 0 spiro atoms. The summed E-state index contributed by atoms with van der Waals surface area (Å²) in [4.78, 5) is 31.7. The highest BCUT2D eigenvalue weighted by atomic mass is 35.5. The minimum atomic E-state index is -0.389. The molecule has 2 rings (SSSR count). The van der Waals surface area contributed by atoms with Crippen LogP contribution < -0.4 is 5.32 Å². The number of nitrogens with one attached hydrogen (secondary N) is 1. The Labute approximate surface area is 161 Å². The fourth-order valence-electron chi connectivity index (χ4n) is 2.15. The van der Waals surface area contributed by atoms with Crippen molar-refractivity contribution >= 4 is 35.2 Å². The number of amides is 1. The number of aryl methyl sites for hydroxylation is 1. The van der Waals surface area contributed by atoms with Crippen molar-refractivity contribution in [2.45, 2.75) is 30.7 Å². The van der Waals surface area contributed by atoms with E-state index in [-0.39, 0.29) is 29.0 Å². The lowest BCUT2D eigenvalue weighted by atomic mass is 10.2. The number of nitrogens with zero attached hydrogens (tertiary/aromatic N) is 2. The summed E-state index contributed by atoms with van der Waals surface area (Å²) in [7, 11) is 1.33. The molecule has 0 saturated carbocycles. The number of aromatic nitrogens is 2. The van der Waals surface area contributed by atoms with Gasteiger partial charge in [-0.1, -0.05) is 53.2 Å². The normalized spacial score (nSPS) is 10.4. The zero-order chi connectivity index (χ0) is 18.9. The average Bonchev–Trinajstić information content (AvgIpc) is 2.64. The van der Waals surface area contributed by atoms with Crippen LogP contribution in [0.3, 0.4) is 0 Å². The van der Waals surface area contributed by atoms with Crippen LogP contribution in [0.4, 0.5) is 0 Å². The van der Waals surface area contributed by atoms with E-state index in [0.717, 1.165) is 5.56 Å². The summed E-state index contributed by atoms with van der Waals surface area (Å²) in [5.41, 5.74) is 2.47. The van der Waals surface area contributed by atoms with E-state index in [9.17, 15) is 9.59 Å². The Balaban J connectivity index is 1.93. The first kappa shape index (κ1) is 20.2. The third kappa shape index (κ3) is 6.31. The maximum Gasteiger partial charge on any atom is 0.305 e. The van der Waals surface area contributed by atoms with Gasteiger partial charge < -0.3 is 10.1 Å². The highest BCUT2D eigenvalue weighted by Crippen LogP contribution is 2.22. The molecule has 0 saturated heterocycles. The number of hydrogen-bond donors (Lipinski definition) is 1. The van der Waals surface area contributed by atoms with Crippen LogP contribution in [-0.2, 0) is 15.3 Å². The maximum atomic E-state index is 12.2. The number of rotatable bonds is 8. The Morgan fingerprint density at radius 3 is 2.88 bits per heavy atom. The van der Waals surface area contributed by atoms with Gasteiger partial charge in [-0.3, -0.25) is 9.59 Å². The molecule has 0 aliphatic carbocycles. The van der Waals surface area contributed by atoms with Crippen molar-refractivity contribution in [2.24, 2.45) is 0 Å².